The molecule has 160 valence electrons. The average molecular weight is 412 g/mol. The molecule has 0 aliphatic heterocycles. The Kier molecular flexibility index (Phi) is 9.40. The highest BCUT2D eigenvalue weighted by atomic mass is 16.5. The third-order valence-corrected chi connectivity index (χ3v) is 4.01. The Morgan fingerprint density at radius 2 is 1.83 bits per heavy atom. The first-order valence-corrected chi connectivity index (χ1v) is 9.76. The second kappa shape index (κ2) is 12.3. The lowest BCUT2D eigenvalue weighted by molar-refractivity contribution is -0.114. The van der Waals surface area contributed by atoms with Crippen LogP contribution in [-0.4, -0.2) is 45.2 Å². The van der Waals surface area contributed by atoms with Gasteiger partial charge in [-0.25, -0.2) is 0 Å². The van der Waals surface area contributed by atoms with Gasteiger partial charge in [0, 0.05) is 37.2 Å². The number of carbonyl (C=O) groups is 2. The summed E-state index contributed by atoms with van der Waals surface area (Å²) in [5, 5.41) is 8.69. The standard InChI is InChI=1S/C23H29N3O4/c1-17(2)16-30-21-10-8-19(9-11-21)26-22(27)15-25-20-7-4-6-18(14-20)23(28)24-12-5-13-29-3/h4,6-11,14,25H,1,5,12-13,15-16H2,2-3H3,(H,24,28)(H,26,27). The Bertz CT molecular complexity index is 850. The van der Waals surface area contributed by atoms with Gasteiger partial charge in [0.05, 0.1) is 6.54 Å². The molecule has 7 nitrogen and oxygen atoms in total. The van der Waals surface area contributed by atoms with Crippen molar-refractivity contribution in [1.82, 2.24) is 5.32 Å². The van der Waals surface area contributed by atoms with Crippen molar-refractivity contribution in [2.75, 3.05) is 44.0 Å². The van der Waals surface area contributed by atoms with E-state index in [0.29, 0.717) is 42.4 Å². The summed E-state index contributed by atoms with van der Waals surface area (Å²) in [5.41, 5.74) is 2.83. The van der Waals surface area contributed by atoms with Crippen LogP contribution in [0.1, 0.15) is 23.7 Å². The summed E-state index contributed by atoms with van der Waals surface area (Å²) in [6.45, 7) is 7.37. The Hall–Kier alpha value is -3.32. The van der Waals surface area contributed by atoms with Gasteiger partial charge in [-0.1, -0.05) is 12.6 Å². The monoisotopic (exact) mass is 411 g/mol. The minimum atomic E-state index is -0.194. The van der Waals surface area contributed by atoms with E-state index in [1.165, 1.54) is 0 Å². The molecule has 2 amide bonds. The maximum atomic E-state index is 12.2. The van der Waals surface area contributed by atoms with Gasteiger partial charge in [0.25, 0.3) is 5.91 Å². The molecular formula is C23H29N3O4. The minimum absolute atomic E-state index is 0.0762. The highest BCUT2D eigenvalue weighted by Gasteiger charge is 2.07. The number of amides is 2. The normalized spacial score (nSPS) is 10.2. The topological polar surface area (TPSA) is 88.7 Å². The van der Waals surface area contributed by atoms with Gasteiger partial charge in [-0.3, -0.25) is 9.59 Å². The van der Waals surface area contributed by atoms with E-state index in [4.69, 9.17) is 9.47 Å². The molecule has 3 N–H and O–H groups in total. The zero-order valence-electron chi connectivity index (χ0n) is 17.5. The molecule has 2 aromatic carbocycles. The number of hydrogen-bond acceptors (Lipinski definition) is 5. The molecule has 0 aromatic heterocycles. The molecule has 0 saturated heterocycles. The van der Waals surface area contributed by atoms with E-state index in [1.54, 1.807) is 49.6 Å². The highest BCUT2D eigenvalue weighted by Crippen LogP contribution is 2.16. The second-order valence-electron chi connectivity index (χ2n) is 6.85. The molecule has 0 spiro atoms. The number of anilines is 2. The van der Waals surface area contributed by atoms with Gasteiger partial charge < -0.3 is 25.4 Å². The van der Waals surface area contributed by atoms with Crippen LogP contribution in [0.25, 0.3) is 0 Å². The summed E-state index contributed by atoms with van der Waals surface area (Å²) in [4.78, 5) is 24.4. The fourth-order valence-corrected chi connectivity index (χ4v) is 2.52. The fraction of sp³-hybridized carbons (Fsp3) is 0.304. The van der Waals surface area contributed by atoms with Crippen LogP contribution in [0.3, 0.4) is 0 Å². The van der Waals surface area contributed by atoms with Crippen molar-refractivity contribution in [3.63, 3.8) is 0 Å². The predicted molar refractivity (Wildman–Crippen MR) is 119 cm³/mol. The van der Waals surface area contributed by atoms with E-state index in [2.05, 4.69) is 22.5 Å². The number of nitrogens with one attached hydrogen (secondary N) is 3. The lowest BCUT2D eigenvalue weighted by atomic mass is 10.2. The molecule has 2 aromatic rings. The quantitative estimate of drug-likeness (QED) is 0.368. The summed E-state index contributed by atoms with van der Waals surface area (Å²) >= 11 is 0. The molecule has 0 aliphatic carbocycles. The number of carbonyl (C=O) groups excluding carboxylic acids is 2. The van der Waals surface area contributed by atoms with Crippen molar-refractivity contribution in [2.24, 2.45) is 0 Å². The molecule has 0 unspecified atom stereocenters. The van der Waals surface area contributed by atoms with Crippen molar-refractivity contribution in [3.05, 3.63) is 66.2 Å². The number of ether oxygens (including phenoxy) is 2. The van der Waals surface area contributed by atoms with Crippen LogP contribution >= 0.6 is 0 Å². The molecule has 0 fully saturated rings. The third kappa shape index (κ3) is 8.36. The number of rotatable bonds is 12. The van der Waals surface area contributed by atoms with Crippen LogP contribution in [0.15, 0.2) is 60.7 Å². The summed E-state index contributed by atoms with van der Waals surface area (Å²) in [5.74, 6) is 0.361. The van der Waals surface area contributed by atoms with Gasteiger partial charge in [-0.2, -0.15) is 0 Å². The van der Waals surface area contributed by atoms with Gasteiger partial charge >= 0.3 is 0 Å². The lowest BCUT2D eigenvalue weighted by Crippen LogP contribution is -2.25. The average Bonchev–Trinajstić information content (AvgIpc) is 2.75. The third-order valence-electron chi connectivity index (χ3n) is 4.01. The molecule has 0 atom stereocenters. The van der Waals surface area contributed by atoms with Gasteiger partial charge in [-0.15, -0.1) is 0 Å². The van der Waals surface area contributed by atoms with E-state index in [-0.39, 0.29) is 18.4 Å². The Morgan fingerprint density at radius 1 is 1.07 bits per heavy atom. The zero-order valence-corrected chi connectivity index (χ0v) is 17.5. The molecule has 0 heterocycles. The summed E-state index contributed by atoms with van der Waals surface area (Å²) in [6, 6.07) is 14.2. The SMILES string of the molecule is C=C(C)COc1ccc(NC(=O)CNc2cccc(C(=O)NCCCOC)c2)cc1. The first kappa shape index (κ1) is 23.0. The second-order valence-corrected chi connectivity index (χ2v) is 6.85. The molecule has 7 heteroatoms. The molecule has 0 saturated carbocycles. The zero-order chi connectivity index (χ0) is 21.8. The van der Waals surface area contributed by atoms with Crippen LogP contribution in [0.4, 0.5) is 11.4 Å². The predicted octanol–water partition coefficient (Wildman–Crippen LogP) is 3.46. The van der Waals surface area contributed by atoms with Crippen molar-refractivity contribution in [2.45, 2.75) is 13.3 Å². The highest BCUT2D eigenvalue weighted by molar-refractivity contribution is 5.96. The van der Waals surface area contributed by atoms with Crippen LogP contribution in [-0.2, 0) is 9.53 Å². The maximum absolute atomic E-state index is 12.2. The number of hydrogen-bond donors (Lipinski definition) is 3. The first-order chi connectivity index (χ1) is 14.5. The van der Waals surface area contributed by atoms with Gasteiger partial charge in [0.2, 0.25) is 5.91 Å². The summed E-state index contributed by atoms with van der Waals surface area (Å²) in [7, 11) is 1.63. The number of benzene rings is 2. The van der Waals surface area contributed by atoms with Crippen LogP contribution in [0.5, 0.6) is 5.75 Å². The maximum Gasteiger partial charge on any atom is 0.251 e. The smallest absolute Gasteiger partial charge is 0.251 e. The number of methoxy groups -OCH3 is 1. The molecular weight excluding hydrogens is 382 g/mol. The molecule has 2 rings (SSSR count). The van der Waals surface area contributed by atoms with Gasteiger partial charge in [-0.05, 0) is 61.4 Å². The summed E-state index contributed by atoms with van der Waals surface area (Å²) < 4.78 is 10.5. The molecule has 30 heavy (non-hydrogen) atoms. The van der Waals surface area contributed by atoms with E-state index < -0.39 is 0 Å². The van der Waals surface area contributed by atoms with Crippen molar-refractivity contribution in [3.8, 4) is 5.75 Å². The Labute approximate surface area is 177 Å². The fourth-order valence-electron chi connectivity index (χ4n) is 2.52. The lowest BCUT2D eigenvalue weighted by Gasteiger charge is -2.10. The van der Waals surface area contributed by atoms with Crippen LogP contribution < -0.4 is 20.7 Å². The van der Waals surface area contributed by atoms with Crippen LogP contribution in [0.2, 0.25) is 0 Å². The van der Waals surface area contributed by atoms with E-state index in [9.17, 15) is 9.59 Å². The van der Waals surface area contributed by atoms with Crippen molar-refractivity contribution < 1.29 is 19.1 Å². The largest absolute Gasteiger partial charge is 0.489 e. The van der Waals surface area contributed by atoms with Crippen molar-refractivity contribution in [1.29, 1.82) is 0 Å². The van der Waals surface area contributed by atoms with Gasteiger partial charge in [0.15, 0.2) is 0 Å². The van der Waals surface area contributed by atoms with Crippen LogP contribution in [0, 0.1) is 0 Å². The Balaban J connectivity index is 1.80. The molecule has 0 radical (unpaired) electrons. The molecule has 0 bridgehead atoms. The first-order valence-electron chi connectivity index (χ1n) is 9.76. The van der Waals surface area contributed by atoms with E-state index in [0.717, 1.165) is 12.0 Å². The Morgan fingerprint density at radius 3 is 2.53 bits per heavy atom. The summed E-state index contributed by atoms with van der Waals surface area (Å²) in [6.07, 6.45) is 0.751. The van der Waals surface area contributed by atoms with Crippen molar-refractivity contribution >= 4 is 23.2 Å². The van der Waals surface area contributed by atoms with E-state index >= 15 is 0 Å². The minimum Gasteiger partial charge on any atom is -0.489 e. The van der Waals surface area contributed by atoms with Gasteiger partial charge in [0.1, 0.15) is 12.4 Å². The van der Waals surface area contributed by atoms with E-state index in [1.807, 2.05) is 13.0 Å². The molecule has 0 aliphatic rings.